The Labute approximate surface area is 108 Å². The number of benzene rings is 1. The molecule has 0 aliphatic carbocycles. The molecule has 0 aliphatic heterocycles. The first-order chi connectivity index (χ1) is 9.10. The van der Waals surface area contributed by atoms with Gasteiger partial charge in [0.2, 0.25) is 0 Å². The Hall–Kier alpha value is -2.74. The summed E-state index contributed by atoms with van der Waals surface area (Å²) in [6, 6.07) is 8.09. The number of carbonyl (C=O) groups excluding carboxylic acids is 1. The van der Waals surface area contributed by atoms with Crippen molar-refractivity contribution in [3.63, 3.8) is 0 Å². The van der Waals surface area contributed by atoms with Crippen LogP contribution in [0.3, 0.4) is 0 Å². The van der Waals surface area contributed by atoms with E-state index >= 15 is 0 Å². The predicted molar refractivity (Wildman–Crippen MR) is 66.1 cm³/mol. The van der Waals surface area contributed by atoms with Crippen LogP contribution < -0.4 is 11.3 Å². The molecular formula is C11H11N5O3. The fourth-order valence-electron chi connectivity index (χ4n) is 1.62. The van der Waals surface area contributed by atoms with Crippen molar-refractivity contribution in [2.24, 2.45) is 5.84 Å². The van der Waals surface area contributed by atoms with E-state index in [9.17, 15) is 14.9 Å². The summed E-state index contributed by atoms with van der Waals surface area (Å²) in [5, 5.41) is 14.3. The quantitative estimate of drug-likeness (QED) is 0.358. The third-order valence-electron chi connectivity index (χ3n) is 2.48. The van der Waals surface area contributed by atoms with Crippen LogP contribution in [0.2, 0.25) is 0 Å². The molecule has 0 saturated carbocycles. The minimum atomic E-state index is -0.561. The Morgan fingerprint density at radius 1 is 1.47 bits per heavy atom. The maximum atomic E-state index is 11.4. The second kappa shape index (κ2) is 5.27. The Morgan fingerprint density at radius 3 is 2.89 bits per heavy atom. The molecule has 0 radical (unpaired) electrons. The second-order valence-corrected chi connectivity index (χ2v) is 3.80. The van der Waals surface area contributed by atoms with E-state index in [-0.39, 0.29) is 5.82 Å². The smallest absolute Gasteiger partial charge is 0.358 e. The number of hydrogen-bond acceptors (Lipinski definition) is 5. The van der Waals surface area contributed by atoms with Crippen molar-refractivity contribution in [1.29, 1.82) is 0 Å². The van der Waals surface area contributed by atoms with Gasteiger partial charge in [0.25, 0.3) is 5.91 Å². The molecule has 8 heteroatoms. The maximum Gasteiger partial charge on any atom is 0.389 e. The largest absolute Gasteiger partial charge is 0.389 e. The summed E-state index contributed by atoms with van der Waals surface area (Å²) in [6.45, 7) is 0.333. The van der Waals surface area contributed by atoms with Gasteiger partial charge in [0.05, 0.1) is 23.9 Å². The fraction of sp³-hybridized carbons (Fsp3) is 0.0909. The molecule has 98 valence electrons. The van der Waals surface area contributed by atoms with Crippen LogP contribution in [0, 0.1) is 10.1 Å². The topological polar surface area (TPSA) is 116 Å². The molecule has 3 N–H and O–H groups in total. The summed E-state index contributed by atoms with van der Waals surface area (Å²) < 4.78 is 1.43. The third kappa shape index (κ3) is 2.93. The molecule has 0 spiro atoms. The molecule has 0 saturated heterocycles. The number of nitrogens with two attached hydrogens (primary N) is 1. The average Bonchev–Trinajstić information content (AvgIpc) is 2.87. The minimum absolute atomic E-state index is 0.212. The molecule has 1 amide bonds. The molecule has 2 rings (SSSR count). The van der Waals surface area contributed by atoms with Gasteiger partial charge in [-0.25, -0.2) is 5.84 Å². The van der Waals surface area contributed by atoms with E-state index in [0.717, 1.165) is 5.56 Å². The van der Waals surface area contributed by atoms with Crippen LogP contribution in [0.4, 0.5) is 5.82 Å². The van der Waals surface area contributed by atoms with E-state index in [4.69, 9.17) is 5.84 Å². The average molecular weight is 261 g/mol. The van der Waals surface area contributed by atoms with Crippen molar-refractivity contribution in [1.82, 2.24) is 15.2 Å². The Morgan fingerprint density at radius 2 is 2.26 bits per heavy atom. The molecule has 0 fully saturated rings. The molecule has 1 aromatic carbocycles. The number of nitrogens with zero attached hydrogens (tertiary/aromatic N) is 3. The zero-order valence-corrected chi connectivity index (χ0v) is 9.81. The van der Waals surface area contributed by atoms with Gasteiger partial charge in [-0.15, -0.1) is 0 Å². The number of nitro groups is 1. The summed E-state index contributed by atoms with van der Waals surface area (Å²) in [5.41, 5.74) is 3.25. The van der Waals surface area contributed by atoms with Crippen LogP contribution in [0.1, 0.15) is 15.9 Å². The number of hydrogen-bond donors (Lipinski definition) is 2. The molecule has 1 aromatic heterocycles. The van der Waals surface area contributed by atoms with Gasteiger partial charge in [-0.3, -0.25) is 10.2 Å². The number of nitrogen functional groups attached to an aromatic ring is 1. The van der Waals surface area contributed by atoms with Gasteiger partial charge in [0, 0.05) is 5.56 Å². The normalized spacial score (nSPS) is 10.2. The molecule has 0 unspecified atom stereocenters. The predicted octanol–water partition coefficient (Wildman–Crippen LogP) is 0.443. The highest BCUT2D eigenvalue weighted by molar-refractivity contribution is 5.93. The van der Waals surface area contributed by atoms with E-state index in [2.05, 4.69) is 5.10 Å². The van der Waals surface area contributed by atoms with Gasteiger partial charge in [-0.05, 0) is 22.6 Å². The molecule has 8 nitrogen and oxygen atoms in total. The molecular weight excluding hydrogens is 250 g/mol. The van der Waals surface area contributed by atoms with Crippen LogP contribution in [-0.2, 0) is 6.54 Å². The van der Waals surface area contributed by atoms with Gasteiger partial charge < -0.3 is 10.1 Å². The summed E-state index contributed by atoms with van der Waals surface area (Å²) in [7, 11) is 0. The van der Waals surface area contributed by atoms with Crippen LogP contribution in [-0.4, -0.2) is 20.6 Å². The van der Waals surface area contributed by atoms with Gasteiger partial charge in [0.1, 0.15) is 0 Å². The lowest BCUT2D eigenvalue weighted by Crippen LogP contribution is -2.30. The number of aromatic nitrogens is 2. The van der Waals surface area contributed by atoms with Crippen LogP contribution in [0.5, 0.6) is 0 Å². The summed E-state index contributed by atoms with van der Waals surface area (Å²) in [5.74, 6) is 4.44. The number of amides is 1. The van der Waals surface area contributed by atoms with Gasteiger partial charge in [-0.1, -0.05) is 12.1 Å². The van der Waals surface area contributed by atoms with E-state index in [0.29, 0.717) is 12.1 Å². The Balaban J connectivity index is 2.18. The Kier molecular flexibility index (Phi) is 3.53. The van der Waals surface area contributed by atoms with Gasteiger partial charge in [0.15, 0.2) is 0 Å². The lowest BCUT2D eigenvalue weighted by atomic mass is 10.1. The van der Waals surface area contributed by atoms with Gasteiger partial charge >= 0.3 is 5.82 Å². The first-order valence-corrected chi connectivity index (χ1v) is 5.38. The number of rotatable bonds is 4. The third-order valence-corrected chi connectivity index (χ3v) is 2.48. The highest BCUT2D eigenvalue weighted by atomic mass is 16.6. The highest BCUT2D eigenvalue weighted by Gasteiger charge is 2.11. The lowest BCUT2D eigenvalue weighted by Gasteiger charge is -2.02. The lowest BCUT2D eigenvalue weighted by molar-refractivity contribution is -0.389. The zero-order chi connectivity index (χ0) is 13.8. The van der Waals surface area contributed by atoms with Crippen molar-refractivity contribution in [2.45, 2.75) is 6.54 Å². The van der Waals surface area contributed by atoms with Crippen molar-refractivity contribution < 1.29 is 9.72 Å². The van der Waals surface area contributed by atoms with E-state index in [1.165, 1.54) is 16.9 Å². The van der Waals surface area contributed by atoms with Gasteiger partial charge in [-0.2, -0.15) is 4.68 Å². The van der Waals surface area contributed by atoms with Crippen molar-refractivity contribution in [3.05, 3.63) is 57.8 Å². The molecule has 1 heterocycles. The Bertz CT molecular complexity index is 622. The van der Waals surface area contributed by atoms with E-state index < -0.39 is 10.8 Å². The molecule has 0 atom stereocenters. The molecule has 19 heavy (non-hydrogen) atoms. The highest BCUT2D eigenvalue weighted by Crippen LogP contribution is 2.10. The number of hydrazine groups is 1. The standard InChI is InChI=1S/C11H11N5O3/c12-13-11(17)9-3-1-2-8(6-9)7-15-5-4-10(14-15)16(18)19/h1-6H,7,12H2,(H,13,17). The SMILES string of the molecule is NNC(=O)c1cccc(Cn2ccc([N+](=O)[O-])n2)c1. The van der Waals surface area contributed by atoms with Crippen LogP contribution >= 0.6 is 0 Å². The van der Waals surface area contributed by atoms with Crippen molar-refractivity contribution in [3.8, 4) is 0 Å². The second-order valence-electron chi connectivity index (χ2n) is 3.80. The minimum Gasteiger partial charge on any atom is -0.358 e. The van der Waals surface area contributed by atoms with E-state index in [1.807, 2.05) is 5.43 Å². The summed E-state index contributed by atoms with van der Waals surface area (Å²) in [6.07, 6.45) is 1.51. The number of carbonyl (C=O) groups is 1. The van der Waals surface area contributed by atoms with Crippen molar-refractivity contribution >= 4 is 11.7 Å². The van der Waals surface area contributed by atoms with Crippen LogP contribution in [0.25, 0.3) is 0 Å². The summed E-state index contributed by atoms with van der Waals surface area (Å²) in [4.78, 5) is 21.3. The van der Waals surface area contributed by atoms with E-state index in [1.54, 1.807) is 24.3 Å². The van der Waals surface area contributed by atoms with Crippen molar-refractivity contribution in [2.75, 3.05) is 0 Å². The summed E-state index contributed by atoms with van der Waals surface area (Å²) >= 11 is 0. The first-order valence-electron chi connectivity index (χ1n) is 5.38. The fourth-order valence-corrected chi connectivity index (χ4v) is 1.62. The first kappa shape index (κ1) is 12.7. The monoisotopic (exact) mass is 261 g/mol. The molecule has 0 aliphatic rings. The maximum absolute atomic E-state index is 11.4. The molecule has 0 bridgehead atoms. The molecule has 2 aromatic rings. The zero-order valence-electron chi connectivity index (χ0n) is 9.81. The number of nitrogens with one attached hydrogen (secondary N) is 1. The van der Waals surface area contributed by atoms with Crippen LogP contribution in [0.15, 0.2) is 36.5 Å².